The Morgan fingerprint density at radius 1 is 1.62 bits per heavy atom. The first-order valence-electron chi connectivity index (χ1n) is 4.37. The molecule has 5 heteroatoms. The van der Waals surface area contributed by atoms with Crippen LogP contribution in [-0.4, -0.2) is 51.5 Å². The zero-order chi connectivity index (χ0) is 9.68. The lowest BCUT2D eigenvalue weighted by atomic mass is 10.3. The van der Waals surface area contributed by atoms with Crippen LogP contribution in [0.3, 0.4) is 0 Å². The molecule has 1 rings (SSSR count). The number of aromatic nitrogens is 3. The summed E-state index contributed by atoms with van der Waals surface area (Å²) in [7, 11) is 1.98. The van der Waals surface area contributed by atoms with Crippen molar-refractivity contribution in [2.75, 3.05) is 26.7 Å². The fourth-order valence-corrected chi connectivity index (χ4v) is 1.24. The molecule has 0 aliphatic heterocycles. The van der Waals surface area contributed by atoms with Crippen molar-refractivity contribution in [3.8, 4) is 0 Å². The molecule has 0 spiro atoms. The Kier molecular flexibility index (Phi) is 3.85. The van der Waals surface area contributed by atoms with Crippen molar-refractivity contribution in [2.45, 2.75) is 13.0 Å². The smallest absolute Gasteiger partial charge is 0.137 e. The van der Waals surface area contributed by atoms with Gasteiger partial charge >= 0.3 is 0 Å². The fourth-order valence-electron chi connectivity index (χ4n) is 1.24. The third-order valence-corrected chi connectivity index (χ3v) is 1.95. The average Bonchev–Trinajstić information content (AvgIpc) is 2.55. The van der Waals surface area contributed by atoms with Crippen LogP contribution in [0.1, 0.15) is 13.0 Å². The summed E-state index contributed by atoms with van der Waals surface area (Å²) in [5.74, 6) is 0. The maximum atomic E-state index is 8.70. The largest absolute Gasteiger partial charge is 0.395 e. The monoisotopic (exact) mass is 184 g/mol. The topological polar surface area (TPSA) is 54.2 Å². The van der Waals surface area contributed by atoms with Crippen LogP contribution in [0.4, 0.5) is 0 Å². The molecule has 1 aromatic rings. The molecule has 1 aromatic heterocycles. The van der Waals surface area contributed by atoms with Crippen molar-refractivity contribution in [3.63, 3.8) is 0 Å². The standard InChI is InChI=1S/C8H16N4O/c1-8(5-11(2)3-4-13)12-7-9-6-10-12/h6-8,13H,3-5H2,1-2H3. The van der Waals surface area contributed by atoms with Gasteiger partial charge in [-0.05, 0) is 14.0 Å². The van der Waals surface area contributed by atoms with Gasteiger partial charge in [0.25, 0.3) is 0 Å². The molecule has 0 fully saturated rings. The second kappa shape index (κ2) is 4.94. The summed E-state index contributed by atoms with van der Waals surface area (Å²) < 4.78 is 1.81. The molecule has 0 saturated carbocycles. The van der Waals surface area contributed by atoms with Gasteiger partial charge in [-0.3, -0.25) is 0 Å². The minimum absolute atomic E-state index is 0.195. The van der Waals surface area contributed by atoms with E-state index in [1.807, 2.05) is 11.7 Å². The highest BCUT2D eigenvalue weighted by Crippen LogP contribution is 2.03. The fraction of sp³-hybridized carbons (Fsp3) is 0.750. The number of hydrogen-bond acceptors (Lipinski definition) is 4. The van der Waals surface area contributed by atoms with Crippen molar-refractivity contribution in [3.05, 3.63) is 12.7 Å². The van der Waals surface area contributed by atoms with E-state index in [1.165, 1.54) is 6.33 Å². The molecule has 74 valence electrons. The van der Waals surface area contributed by atoms with Crippen molar-refractivity contribution in [1.29, 1.82) is 0 Å². The number of aliphatic hydroxyl groups excluding tert-OH is 1. The van der Waals surface area contributed by atoms with Gasteiger partial charge in [0.1, 0.15) is 12.7 Å². The van der Waals surface area contributed by atoms with Crippen molar-refractivity contribution >= 4 is 0 Å². The summed E-state index contributed by atoms with van der Waals surface area (Å²) in [6.07, 6.45) is 3.24. The van der Waals surface area contributed by atoms with E-state index >= 15 is 0 Å². The Morgan fingerprint density at radius 3 is 2.92 bits per heavy atom. The lowest BCUT2D eigenvalue weighted by Crippen LogP contribution is -2.28. The minimum Gasteiger partial charge on any atom is -0.395 e. The van der Waals surface area contributed by atoms with Gasteiger partial charge in [0.05, 0.1) is 12.6 Å². The zero-order valence-corrected chi connectivity index (χ0v) is 8.09. The Morgan fingerprint density at radius 2 is 2.38 bits per heavy atom. The van der Waals surface area contributed by atoms with Crippen molar-refractivity contribution in [2.24, 2.45) is 0 Å². The molecule has 0 amide bonds. The highest BCUT2D eigenvalue weighted by atomic mass is 16.3. The van der Waals surface area contributed by atoms with Crippen LogP contribution in [0.25, 0.3) is 0 Å². The first-order chi connectivity index (χ1) is 6.24. The van der Waals surface area contributed by atoms with Crippen LogP contribution in [0.15, 0.2) is 12.7 Å². The molecule has 13 heavy (non-hydrogen) atoms. The molecule has 1 N–H and O–H groups in total. The third kappa shape index (κ3) is 3.12. The molecule has 1 unspecified atom stereocenters. The van der Waals surface area contributed by atoms with Crippen LogP contribution in [0.5, 0.6) is 0 Å². The molecule has 1 atom stereocenters. The molecule has 5 nitrogen and oxygen atoms in total. The normalized spacial score (nSPS) is 13.5. The Hall–Kier alpha value is -0.940. The predicted octanol–water partition coefficient (Wildman–Crippen LogP) is -0.237. The minimum atomic E-state index is 0.195. The van der Waals surface area contributed by atoms with Gasteiger partial charge < -0.3 is 10.0 Å². The molecule has 0 radical (unpaired) electrons. The molecule has 0 aliphatic rings. The van der Waals surface area contributed by atoms with Gasteiger partial charge in [0.15, 0.2) is 0 Å². The second-order valence-corrected chi connectivity index (χ2v) is 3.21. The zero-order valence-electron chi connectivity index (χ0n) is 8.09. The SMILES string of the molecule is CC(CN(C)CCO)n1cncn1. The van der Waals surface area contributed by atoms with E-state index in [0.29, 0.717) is 12.6 Å². The van der Waals surface area contributed by atoms with Crippen LogP contribution in [0, 0.1) is 0 Å². The molecule has 0 aromatic carbocycles. The molecular weight excluding hydrogens is 168 g/mol. The van der Waals surface area contributed by atoms with Crippen molar-refractivity contribution < 1.29 is 5.11 Å². The van der Waals surface area contributed by atoms with Gasteiger partial charge in [-0.1, -0.05) is 0 Å². The first-order valence-corrected chi connectivity index (χ1v) is 4.37. The average molecular weight is 184 g/mol. The Labute approximate surface area is 78.0 Å². The molecular formula is C8H16N4O. The van der Waals surface area contributed by atoms with Gasteiger partial charge in [0.2, 0.25) is 0 Å². The summed E-state index contributed by atoms with van der Waals surface area (Å²) in [6.45, 7) is 3.83. The predicted molar refractivity (Wildman–Crippen MR) is 49.3 cm³/mol. The quantitative estimate of drug-likeness (QED) is 0.686. The van der Waals surface area contributed by atoms with Gasteiger partial charge in [-0.25, -0.2) is 9.67 Å². The van der Waals surface area contributed by atoms with Crippen LogP contribution in [0.2, 0.25) is 0 Å². The summed E-state index contributed by atoms with van der Waals surface area (Å²) in [5, 5.41) is 12.7. The summed E-state index contributed by atoms with van der Waals surface area (Å²) >= 11 is 0. The third-order valence-electron chi connectivity index (χ3n) is 1.95. The highest BCUT2D eigenvalue weighted by molar-refractivity contribution is 4.67. The van der Waals surface area contributed by atoms with E-state index in [4.69, 9.17) is 5.11 Å². The molecule has 0 bridgehead atoms. The maximum Gasteiger partial charge on any atom is 0.137 e. The van der Waals surface area contributed by atoms with Crippen LogP contribution >= 0.6 is 0 Å². The highest BCUT2D eigenvalue weighted by Gasteiger charge is 2.07. The van der Waals surface area contributed by atoms with E-state index in [1.54, 1.807) is 6.33 Å². The number of likely N-dealkylation sites (N-methyl/N-ethyl adjacent to an activating group) is 1. The van der Waals surface area contributed by atoms with Crippen LogP contribution in [-0.2, 0) is 0 Å². The number of aliphatic hydroxyl groups is 1. The number of rotatable bonds is 5. The summed E-state index contributed by atoms with van der Waals surface area (Å²) in [5.41, 5.74) is 0. The first kappa shape index (κ1) is 10.1. The summed E-state index contributed by atoms with van der Waals surface area (Å²) in [4.78, 5) is 5.94. The van der Waals surface area contributed by atoms with E-state index in [-0.39, 0.29) is 6.61 Å². The van der Waals surface area contributed by atoms with Gasteiger partial charge in [-0.15, -0.1) is 0 Å². The van der Waals surface area contributed by atoms with E-state index in [9.17, 15) is 0 Å². The lowest BCUT2D eigenvalue weighted by Gasteiger charge is -2.19. The molecule has 1 heterocycles. The second-order valence-electron chi connectivity index (χ2n) is 3.21. The number of hydrogen-bond donors (Lipinski definition) is 1. The molecule has 0 saturated heterocycles. The van der Waals surface area contributed by atoms with E-state index < -0.39 is 0 Å². The Balaban J connectivity index is 2.37. The van der Waals surface area contributed by atoms with Crippen molar-refractivity contribution in [1.82, 2.24) is 19.7 Å². The van der Waals surface area contributed by atoms with E-state index in [0.717, 1.165) is 6.54 Å². The van der Waals surface area contributed by atoms with E-state index in [2.05, 4.69) is 21.9 Å². The van der Waals surface area contributed by atoms with Gasteiger partial charge in [-0.2, -0.15) is 5.10 Å². The lowest BCUT2D eigenvalue weighted by molar-refractivity contribution is 0.203. The van der Waals surface area contributed by atoms with Crippen LogP contribution < -0.4 is 0 Å². The summed E-state index contributed by atoms with van der Waals surface area (Å²) in [6, 6.07) is 0.291. The molecule has 0 aliphatic carbocycles. The Bertz CT molecular complexity index is 224. The maximum absolute atomic E-state index is 8.70. The van der Waals surface area contributed by atoms with Gasteiger partial charge in [0, 0.05) is 13.1 Å². The number of nitrogens with zero attached hydrogens (tertiary/aromatic N) is 4.